The molecule has 0 saturated heterocycles. The molecule has 0 aliphatic heterocycles. The van der Waals surface area contributed by atoms with E-state index < -0.39 is 0 Å². The van der Waals surface area contributed by atoms with Crippen LogP contribution < -0.4 is 5.32 Å². The molecule has 1 N–H and O–H groups in total. The number of nitrogens with one attached hydrogen (secondary N) is 1. The largest absolute Gasteiger partial charge is 0.320 e. The van der Waals surface area contributed by atoms with Gasteiger partial charge in [-0.3, -0.25) is 4.68 Å². The lowest BCUT2D eigenvalue weighted by atomic mass is 9.91. The molecule has 0 radical (unpaired) electrons. The number of aryl methyl sites for hydroxylation is 2. The third-order valence-electron chi connectivity index (χ3n) is 2.76. The van der Waals surface area contributed by atoms with Gasteiger partial charge in [0.15, 0.2) is 0 Å². The Balaban J connectivity index is 2.78. The molecule has 0 saturated carbocycles. The lowest BCUT2D eigenvalue weighted by molar-refractivity contribution is 0.496. The molecule has 3 nitrogen and oxygen atoms in total. The van der Waals surface area contributed by atoms with E-state index in [4.69, 9.17) is 0 Å². The van der Waals surface area contributed by atoms with Crippen LogP contribution in [-0.4, -0.2) is 23.4 Å². The fraction of sp³-hybridized carbons (Fsp3) is 0.769. The normalized spacial score (nSPS) is 12.1. The molecule has 1 aromatic heterocycles. The second kappa shape index (κ2) is 5.48. The van der Waals surface area contributed by atoms with Crippen LogP contribution in [0.1, 0.15) is 45.5 Å². The number of nitrogens with zero attached hydrogens (tertiary/aromatic N) is 2. The summed E-state index contributed by atoms with van der Waals surface area (Å²) < 4.78 is 2.13. The summed E-state index contributed by atoms with van der Waals surface area (Å²) in [4.78, 5) is 0. The smallest absolute Gasteiger partial charge is 0.0628 e. The first-order chi connectivity index (χ1) is 7.49. The molecule has 0 aromatic carbocycles. The zero-order valence-corrected chi connectivity index (χ0v) is 11.3. The van der Waals surface area contributed by atoms with Crippen LogP contribution in [0.2, 0.25) is 0 Å². The van der Waals surface area contributed by atoms with E-state index in [0.29, 0.717) is 0 Å². The molecule has 0 unspecified atom stereocenters. The van der Waals surface area contributed by atoms with Crippen molar-refractivity contribution in [3.05, 3.63) is 17.5 Å². The second-order valence-corrected chi connectivity index (χ2v) is 5.29. The summed E-state index contributed by atoms with van der Waals surface area (Å²) in [5, 5.41) is 7.82. The maximum absolute atomic E-state index is 4.66. The van der Waals surface area contributed by atoms with E-state index in [2.05, 4.69) is 48.9 Å². The number of hydrogen-bond acceptors (Lipinski definition) is 2. The van der Waals surface area contributed by atoms with Crippen molar-refractivity contribution in [2.24, 2.45) is 0 Å². The quantitative estimate of drug-likeness (QED) is 0.777. The first kappa shape index (κ1) is 13.2. The van der Waals surface area contributed by atoms with Gasteiger partial charge in [0.1, 0.15) is 0 Å². The van der Waals surface area contributed by atoms with Crippen molar-refractivity contribution in [3.63, 3.8) is 0 Å². The molecule has 0 aliphatic rings. The van der Waals surface area contributed by atoms with Gasteiger partial charge in [-0.25, -0.2) is 0 Å². The van der Waals surface area contributed by atoms with Crippen LogP contribution in [0.4, 0.5) is 0 Å². The Morgan fingerprint density at radius 1 is 1.38 bits per heavy atom. The Morgan fingerprint density at radius 2 is 2.06 bits per heavy atom. The fourth-order valence-electron chi connectivity index (χ4n) is 1.88. The zero-order chi connectivity index (χ0) is 12.2. The van der Waals surface area contributed by atoms with E-state index in [-0.39, 0.29) is 5.41 Å². The number of aromatic nitrogens is 2. The summed E-state index contributed by atoms with van der Waals surface area (Å²) in [5.41, 5.74) is 2.75. The van der Waals surface area contributed by atoms with Gasteiger partial charge in [-0.2, -0.15) is 5.10 Å². The average molecular weight is 223 g/mol. The van der Waals surface area contributed by atoms with Crippen molar-refractivity contribution in [2.45, 2.75) is 52.5 Å². The van der Waals surface area contributed by atoms with Crippen molar-refractivity contribution in [1.29, 1.82) is 0 Å². The Kier molecular flexibility index (Phi) is 4.54. The average Bonchev–Trinajstić information content (AvgIpc) is 2.61. The monoisotopic (exact) mass is 223 g/mol. The van der Waals surface area contributed by atoms with Crippen molar-refractivity contribution in [1.82, 2.24) is 15.1 Å². The highest BCUT2D eigenvalue weighted by Crippen LogP contribution is 2.23. The molecule has 0 bridgehead atoms. The van der Waals surface area contributed by atoms with Gasteiger partial charge in [-0.05, 0) is 39.4 Å². The molecular formula is C13H25N3. The molecule has 3 heteroatoms. The Hall–Kier alpha value is -0.830. The van der Waals surface area contributed by atoms with Crippen LogP contribution in [0.25, 0.3) is 0 Å². The van der Waals surface area contributed by atoms with E-state index in [1.54, 1.807) is 0 Å². The van der Waals surface area contributed by atoms with E-state index in [1.165, 1.54) is 11.4 Å². The van der Waals surface area contributed by atoms with Gasteiger partial charge in [-0.15, -0.1) is 0 Å². The summed E-state index contributed by atoms with van der Waals surface area (Å²) in [6.07, 6.45) is 2.22. The van der Waals surface area contributed by atoms with Gasteiger partial charge in [0.25, 0.3) is 0 Å². The van der Waals surface area contributed by atoms with Crippen LogP contribution in [0.15, 0.2) is 6.07 Å². The maximum Gasteiger partial charge on any atom is 0.0628 e. The molecule has 16 heavy (non-hydrogen) atoms. The maximum atomic E-state index is 4.66. The zero-order valence-electron chi connectivity index (χ0n) is 11.3. The van der Waals surface area contributed by atoms with Gasteiger partial charge in [-0.1, -0.05) is 20.8 Å². The van der Waals surface area contributed by atoms with Gasteiger partial charge in [0, 0.05) is 17.7 Å². The van der Waals surface area contributed by atoms with Gasteiger partial charge < -0.3 is 5.32 Å². The Bertz CT molecular complexity index is 320. The van der Waals surface area contributed by atoms with E-state index in [0.717, 1.165) is 25.9 Å². The standard InChI is InChI=1S/C13H25N3/c1-6-16-12(13(2,3)4)10-11(15-16)8-7-9-14-5/h10,14H,6-9H2,1-5H3. The van der Waals surface area contributed by atoms with Crippen molar-refractivity contribution in [3.8, 4) is 0 Å². The number of hydrogen-bond donors (Lipinski definition) is 1. The van der Waals surface area contributed by atoms with Crippen LogP contribution >= 0.6 is 0 Å². The molecular weight excluding hydrogens is 198 g/mol. The van der Waals surface area contributed by atoms with E-state index in [9.17, 15) is 0 Å². The topological polar surface area (TPSA) is 29.9 Å². The third kappa shape index (κ3) is 3.34. The van der Waals surface area contributed by atoms with Crippen LogP contribution in [0.5, 0.6) is 0 Å². The minimum Gasteiger partial charge on any atom is -0.320 e. The first-order valence-electron chi connectivity index (χ1n) is 6.21. The molecule has 0 amide bonds. The SMILES string of the molecule is CCn1nc(CCCNC)cc1C(C)(C)C. The number of rotatable bonds is 5. The van der Waals surface area contributed by atoms with Gasteiger partial charge >= 0.3 is 0 Å². The molecule has 0 aliphatic carbocycles. The lowest BCUT2D eigenvalue weighted by Crippen LogP contribution is -2.17. The summed E-state index contributed by atoms with van der Waals surface area (Å²) in [5.74, 6) is 0. The summed E-state index contributed by atoms with van der Waals surface area (Å²) in [7, 11) is 1.99. The van der Waals surface area contributed by atoms with Crippen molar-refractivity contribution >= 4 is 0 Å². The van der Waals surface area contributed by atoms with Crippen molar-refractivity contribution in [2.75, 3.05) is 13.6 Å². The molecule has 1 heterocycles. The molecule has 0 spiro atoms. The minimum absolute atomic E-state index is 0.185. The van der Waals surface area contributed by atoms with Crippen molar-refractivity contribution < 1.29 is 0 Å². The Morgan fingerprint density at radius 3 is 2.50 bits per heavy atom. The van der Waals surface area contributed by atoms with Crippen LogP contribution in [0, 0.1) is 0 Å². The molecule has 1 rings (SSSR count). The summed E-state index contributed by atoms with van der Waals surface area (Å²) >= 11 is 0. The predicted molar refractivity (Wildman–Crippen MR) is 68.8 cm³/mol. The van der Waals surface area contributed by atoms with E-state index >= 15 is 0 Å². The summed E-state index contributed by atoms with van der Waals surface area (Å²) in [6, 6.07) is 2.26. The predicted octanol–water partition coefficient (Wildman–Crippen LogP) is 2.35. The second-order valence-electron chi connectivity index (χ2n) is 5.29. The highest BCUT2D eigenvalue weighted by molar-refractivity contribution is 5.18. The Labute approximate surface area is 99.2 Å². The first-order valence-corrected chi connectivity index (χ1v) is 6.21. The van der Waals surface area contributed by atoms with Gasteiger partial charge in [0.05, 0.1) is 5.69 Å². The summed E-state index contributed by atoms with van der Waals surface area (Å²) in [6.45, 7) is 10.9. The molecule has 0 fully saturated rings. The molecule has 1 aromatic rings. The van der Waals surface area contributed by atoms with Crippen LogP contribution in [-0.2, 0) is 18.4 Å². The lowest BCUT2D eigenvalue weighted by Gasteiger charge is -2.19. The van der Waals surface area contributed by atoms with Crippen LogP contribution in [0.3, 0.4) is 0 Å². The fourth-order valence-corrected chi connectivity index (χ4v) is 1.88. The molecule has 0 atom stereocenters. The minimum atomic E-state index is 0.185. The highest BCUT2D eigenvalue weighted by atomic mass is 15.3. The highest BCUT2D eigenvalue weighted by Gasteiger charge is 2.19. The van der Waals surface area contributed by atoms with E-state index in [1.807, 2.05) is 7.05 Å². The molecule has 92 valence electrons. The third-order valence-corrected chi connectivity index (χ3v) is 2.76. The van der Waals surface area contributed by atoms with Gasteiger partial charge in [0.2, 0.25) is 0 Å².